The maximum Gasteiger partial charge on any atom is 0.159 e. The predicted octanol–water partition coefficient (Wildman–Crippen LogP) is 1.69. The van der Waals surface area contributed by atoms with E-state index in [1.807, 2.05) is 19.3 Å². The standard InChI is InChI=1S/C10H9N5OS/c1-15-5-6(4-12-15)17-8-3-2-7(11)9-10(8)14-16-13-9/h2-5H,11H2,1H3. The fourth-order valence-corrected chi connectivity index (χ4v) is 2.45. The van der Waals surface area contributed by atoms with Crippen LogP contribution in [0.25, 0.3) is 11.0 Å². The molecular formula is C10H9N5OS. The molecule has 2 N–H and O–H groups in total. The van der Waals surface area contributed by atoms with Crippen molar-refractivity contribution < 1.29 is 4.63 Å². The van der Waals surface area contributed by atoms with E-state index in [0.29, 0.717) is 16.7 Å². The van der Waals surface area contributed by atoms with Gasteiger partial charge in [-0.3, -0.25) is 4.68 Å². The molecule has 6 nitrogen and oxygen atoms in total. The molecule has 0 bridgehead atoms. The van der Waals surface area contributed by atoms with E-state index in [4.69, 9.17) is 10.4 Å². The van der Waals surface area contributed by atoms with Gasteiger partial charge in [0, 0.05) is 18.1 Å². The van der Waals surface area contributed by atoms with Crippen LogP contribution in [0, 0.1) is 0 Å². The van der Waals surface area contributed by atoms with Crippen LogP contribution in [0.3, 0.4) is 0 Å². The van der Waals surface area contributed by atoms with Crippen LogP contribution >= 0.6 is 11.8 Å². The summed E-state index contributed by atoms with van der Waals surface area (Å²) in [6.07, 6.45) is 3.72. The van der Waals surface area contributed by atoms with Crippen molar-refractivity contribution in [1.29, 1.82) is 0 Å². The van der Waals surface area contributed by atoms with Gasteiger partial charge in [0.1, 0.15) is 0 Å². The summed E-state index contributed by atoms with van der Waals surface area (Å²) in [5, 5.41) is 11.8. The molecule has 3 aromatic rings. The van der Waals surface area contributed by atoms with Gasteiger partial charge in [0.25, 0.3) is 0 Å². The van der Waals surface area contributed by atoms with Crippen LogP contribution in [0.1, 0.15) is 0 Å². The van der Waals surface area contributed by atoms with Crippen molar-refractivity contribution in [3.63, 3.8) is 0 Å². The maximum absolute atomic E-state index is 5.78. The molecule has 0 saturated carbocycles. The maximum atomic E-state index is 5.78. The van der Waals surface area contributed by atoms with E-state index in [2.05, 4.69) is 15.4 Å². The van der Waals surface area contributed by atoms with Gasteiger partial charge in [-0.25, -0.2) is 4.63 Å². The summed E-state index contributed by atoms with van der Waals surface area (Å²) in [7, 11) is 1.88. The second-order valence-corrected chi connectivity index (χ2v) is 4.68. The number of aryl methyl sites for hydroxylation is 1. The Hall–Kier alpha value is -2.02. The third kappa shape index (κ3) is 1.74. The van der Waals surface area contributed by atoms with E-state index in [1.54, 1.807) is 28.7 Å². The van der Waals surface area contributed by atoms with E-state index in [9.17, 15) is 0 Å². The number of hydrogen-bond donors (Lipinski definition) is 1. The number of benzene rings is 1. The Labute approximate surface area is 101 Å². The molecule has 2 heterocycles. The summed E-state index contributed by atoms with van der Waals surface area (Å²) >= 11 is 1.55. The van der Waals surface area contributed by atoms with Crippen LogP contribution in [-0.4, -0.2) is 20.1 Å². The van der Waals surface area contributed by atoms with Crippen LogP contribution in [-0.2, 0) is 7.05 Å². The summed E-state index contributed by atoms with van der Waals surface area (Å²) in [5.74, 6) is 0. The molecule has 0 fully saturated rings. The first kappa shape index (κ1) is 10.2. The topological polar surface area (TPSA) is 82.8 Å². The highest BCUT2D eigenvalue weighted by Crippen LogP contribution is 2.33. The number of nitrogens with two attached hydrogens (primary N) is 1. The van der Waals surface area contributed by atoms with Gasteiger partial charge in [0.2, 0.25) is 0 Å². The van der Waals surface area contributed by atoms with Crippen LogP contribution in [0.5, 0.6) is 0 Å². The van der Waals surface area contributed by atoms with E-state index >= 15 is 0 Å². The van der Waals surface area contributed by atoms with Gasteiger partial charge in [-0.15, -0.1) is 0 Å². The van der Waals surface area contributed by atoms with Gasteiger partial charge in [0.05, 0.1) is 16.8 Å². The molecule has 7 heteroatoms. The molecule has 2 aromatic heterocycles. The summed E-state index contributed by atoms with van der Waals surface area (Å²) in [5.41, 5.74) is 7.62. The smallest absolute Gasteiger partial charge is 0.159 e. The SMILES string of the molecule is Cn1cc(Sc2ccc(N)c3nonc23)cn1. The molecule has 0 saturated heterocycles. The van der Waals surface area contributed by atoms with Crippen molar-refractivity contribution in [2.75, 3.05) is 5.73 Å². The second-order valence-electron chi connectivity index (χ2n) is 3.57. The Morgan fingerprint density at radius 2 is 2.12 bits per heavy atom. The third-order valence-corrected chi connectivity index (χ3v) is 3.31. The van der Waals surface area contributed by atoms with E-state index in [0.717, 1.165) is 9.79 Å². The minimum absolute atomic E-state index is 0.566. The minimum atomic E-state index is 0.566. The number of nitrogen functional groups attached to an aromatic ring is 1. The second kappa shape index (κ2) is 3.77. The third-order valence-electron chi connectivity index (χ3n) is 2.32. The monoisotopic (exact) mass is 247 g/mol. The fraction of sp³-hybridized carbons (Fsp3) is 0.100. The van der Waals surface area contributed by atoms with Gasteiger partial charge in [-0.05, 0) is 22.4 Å². The van der Waals surface area contributed by atoms with Gasteiger partial charge >= 0.3 is 0 Å². The lowest BCUT2D eigenvalue weighted by atomic mass is 10.3. The van der Waals surface area contributed by atoms with E-state index in [-0.39, 0.29) is 0 Å². The highest BCUT2D eigenvalue weighted by atomic mass is 32.2. The van der Waals surface area contributed by atoms with Crippen molar-refractivity contribution in [3.05, 3.63) is 24.5 Å². The van der Waals surface area contributed by atoms with Gasteiger partial charge in [0.15, 0.2) is 11.0 Å². The molecule has 3 rings (SSSR count). The number of fused-ring (bicyclic) bond motifs is 1. The largest absolute Gasteiger partial charge is 0.397 e. The number of rotatable bonds is 2. The van der Waals surface area contributed by atoms with Crippen LogP contribution in [0.15, 0.2) is 38.9 Å². The number of anilines is 1. The number of aromatic nitrogens is 4. The first-order valence-corrected chi connectivity index (χ1v) is 5.73. The fourth-order valence-electron chi connectivity index (χ4n) is 1.52. The van der Waals surface area contributed by atoms with Crippen molar-refractivity contribution >= 4 is 28.5 Å². The number of hydrogen-bond acceptors (Lipinski definition) is 6. The average molecular weight is 247 g/mol. The lowest BCUT2D eigenvalue weighted by Crippen LogP contribution is -1.87. The molecule has 0 amide bonds. The van der Waals surface area contributed by atoms with Crippen molar-refractivity contribution in [2.45, 2.75) is 9.79 Å². The molecule has 0 aliphatic heterocycles. The molecule has 17 heavy (non-hydrogen) atoms. The first-order chi connectivity index (χ1) is 8.24. The quantitative estimate of drug-likeness (QED) is 0.694. The Morgan fingerprint density at radius 3 is 2.88 bits per heavy atom. The molecule has 0 spiro atoms. The zero-order valence-electron chi connectivity index (χ0n) is 8.99. The highest BCUT2D eigenvalue weighted by Gasteiger charge is 2.11. The molecular weight excluding hydrogens is 238 g/mol. The van der Waals surface area contributed by atoms with Crippen LogP contribution in [0.4, 0.5) is 5.69 Å². The van der Waals surface area contributed by atoms with Gasteiger partial charge < -0.3 is 5.73 Å². The molecule has 0 radical (unpaired) electrons. The van der Waals surface area contributed by atoms with Gasteiger partial charge in [-0.2, -0.15) is 5.10 Å². The Balaban J connectivity index is 2.06. The lowest BCUT2D eigenvalue weighted by molar-refractivity contribution is 0.315. The highest BCUT2D eigenvalue weighted by molar-refractivity contribution is 7.99. The van der Waals surface area contributed by atoms with Crippen molar-refractivity contribution in [3.8, 4) is 0 Å². The first-order valence-electron chi connectivity index (χ1n) is 4.91. The summed E-state index contributed by atoms with van der Waals surface area (Å²) in [6.45, 7) is 0. The van der Waals surface area contributed by atoms with Crippen LogP contribution in [0.2, 0.25) is 0 Å². The minimum Gasteiger partial charge on any atom is -0.397 e. The van der Waals surface area contributed by atoms with Crippen LogP contribution < -0.4 is 5.73 Å². The van der Waals surface area contributed by atoms with Crippen molar-refractivity contribution in [1.82, 2.24) is 20.1 Å². The van der Waals surface area contributed by atoms with Crippen molar-refractivity contribution in [2.24, 2.45) is 7.05 Å². The average Bonchev–Trinajstić information content (AvgIpc) is 2.92. The molecule has 0 unspecified atom stereocenters. The molecule has 0 aliphatic rings. The van der Waals surface area contributed by atoms with E-state index in [1.165, 1.54) is 0 Å². The summed E-state index contributed by atoms with van der Waals surface area (Å²) in [4.78, 5) is 1.98. The zero-order valence-corrected chi connectivity index (χ0v) is 9.81. The molecule has 86 valence electrons. The Bertz CT molecular complexity index is 674. The zero-order chi connectivity index (χ0) is 11.8. The van der Waals surface area contributed by atoms with Gasteiger partial charge in [-0.1, -0.05) is 11.8 Å². The summed E-state index contributed by atoms with van der Waals surface area (Å²) in [6, 6.07) is 3.70. The Kier molecular flexibility index (Phi) is 2.25. The van der Waals surface area contributed by atoms with E-state index < -0.39 is 0 Å². The lowest BCUT2D eigenvalue weighted by Gasteiger charge is -1.99. The normalized spacial score (nSPS) is 11.1. The molecule has 1 aromatic carbocycles. The molecule has 0 aliphatic carbocycles. The Morgan fingerprint density at radius 1 is 1.29 bits per heavy atom. The predicted molar refractivity (Wildman–Crippen MR) is 63.5 cm³/mol. The molecule has 0 atom stereocenters. The number of nitrogens with zero attached hydrogens (tertiary/aromatic N) is 4. The summed E-state index contributed by atoms with van der Waals surface area (Å²) < 4.78 is 6.46.